The fraction of sp³-hybridized carbons (Fsp3) is 0.273. The van der Waals surface area contributed by atoms with Crippen LogP contribution in [0.1, 0.15) is 13.3 Å². The summed E-state index contributed by atoms with van der Waals surface area (Å²) in [6.45, 7) is 2.03. The highest BCUT2D eigenvalue weighted by Gasteiger charge is 2.10. The van der Waals surface area contributed by atoms with Gasteiger partial charge in [0, 0.05) is 10.3 Å². The van der Waals surface area contributed by atoms with Crippen LogP contribution in [0.2, 0.25) is 0 Å². The Labute approximate surface area is 79.5 Å². The lowest BCUT2D eigenvalue weighted by atomic mass is 10.0. The van der Waals surface area contributed by atoms with E-state index in [1.54, 1.807) is 0 Å². The van der Waals surface area contributed by atoms with E-state index < -0.39 is 0 Å². The molecule has 0 spiro atoms. The largest absolute Gasteiger partial charge is 0.164 e. The van der Waals surface area contributed by atoms with Gasteiger partial charge in [-0.25, -0.2) is 0 Å². The lowest BCUT2D eigenvalue weighted by Gasteiger charge is -2.14. The molecule has 1 atom stereocenters. The van der Waals surface area contributed by atoms with Gasteiger partial charge in [-0.1, -0.05) is 30.2 Å². The fourth-order valence-electron chi connectivity index (χ4n) is 0.991. The zero-order valence-corrected chi connectivity index (χ0v) is 8.01. The minimum Gasteiger partial charge on any atom is -0.164 e. The van der Waals surface area contributed by atoms with Gasteiger partial charge in [-0.3, -0.25) is 0 Å². The fourth-order valence-corrected chi connectivity index (χ4v) is 1.17. The lowest BCUT2D eigenvalue weighted by Crippen LogP contribution is -2.08. The van der Waals surface area contributed by atoms with Crippen LogP contribution in [-0.4, -0.2) is 4.75 Å². The van der Waals surface area contributed by atoms with Gasteiger partial charge >= 0.3 is 0 Å². The minimum atomic E-state index is -0.170. The molecule has 0 fully saturated rings. The van der Waals surface area contributed by atoms with E-state index in [4.69, 9.17) is 6.42 Å². The van der Waals surface area contributed by atoms with Crippen LogP contribution in [0.4, 0.5) is 0 Å². The van der Waals surface area contributed by atoms with E-state index in [1.807, 2.05) is 25.2 Å². The Morgan fingerprint density at radius 2 is 2.33 bits per heavy atom. The number of terminal acetylenes is 1. The summed E-state index contributed by atoms with van der Waals surface area (Å²) in [6.07, 6.45) is 16.3. The van der Waals surface area contributed by atoms with Crippen LogP contribution >= 0.6 is 12.6 Å². The third-order valence-corrected chi connectivity index (χ3v) is 1.99. The number of hydrogen-bond donors (Lipinski definition) is 1. The quantitative estimate of drug-likeness (QED) is 0.327. The van der Waals surface area contributed by atoms with Crippen LogP contribution in [-0.2, 0) is 0 Å². The van der Waals surface area contributed by atoms with Crippen molar-refractivity contribution in [2.45, 2.75) is 18.1 Å². The van der Waals surface area contributed by atoms with Crippen molar-refractivity contribution >= 4 is 12.6 Å². The van der Waals surface area contributed by atoms with Crippen LogP contribution in [0.25, 0.3) is 0 Å². The number of thiol groups is 1. The van der Waals surface area contributed by atoms with E-state index in [9.17, 15) is 0 Å². The maximum Gasteiger partial charge on any atom is 0.0463 e. The van der Waals surface area contributed by atoms with Crippen molar-refractivity contribution in [1.29, 1.82) is 0 Å². The molecule has 0 saturated carbocycles. The molecule has 12 heavy (non-hydrogen) atoms. The standard InChI is InChI=1S/C11H12S/c1-3-10-6-4-5-8-11(2,12)9-7-10/h1,5-9,12H,4H2,2H3/b8-5-,9-7-,10-6-. The molecule has 1 heteroatoms. The predicted molar refractivity (Wildman–Crippen MR) is 57.2 cm³/mol. The van der Waals surface area contributed by atoms with Crippen LogP contribution in [0, 0.1) is 12.3 Å². The van der Waals surface area contributed by atoms with E-state index >= 15 is 0 Å². The molecule has 0 nitrogen and oxygen atoms in total. The van der Waals surface area contributed by atoms with Gasteiger partial charge in [-0.15, -0.1) is 6.42 Å². The Kier molecular flexibility index (Phi) is 2.83. The van der Waals surface area contributed by atoms with Gasteiger partial charge in [0.1, 0.15) is 0 Å². The van der Waals surface area contributed by atoms with Gasteiger partial charge in [0.25, 0.3) is 0 Å². The predicted octanol–water partition coefficient (Wildman–Crippen LogP) is 2.75. The Hall–Kier alpha value is -0.870. The zero-order valence-electron chi connectivity index (χ0n) is 7.12. The van der Waals surface area contributed by atoms with Crippen molar-refractivity contribution in [2.24, 2.45) is 0 Å². The molecule has 0 saturated heterocycles. The smallest absolute Gasteiger partial charge is 0.0463 e. The monoisotopic (exact) mass is 176 g/mol. The van der Waals surface area contributed by atoms with Crippen LogP contribution in [0.5, 0.6) is 0 Å². The van der Waals surface area contributed by atoms with Crippen molar-refractivity contribution in [3.8, 4) is 12.3 Å². The molecular formula is C11H12S. The van der Waals surface area contributed by atoms with Crippen LogP contribution in [0.3, 0.4) is 0 Å². The molecule has 1 rings (SSSR count). The van der Waals surface area contributed by atoms with Crippen LogP contribution < -0.4 is 0 Å². The molecular weight excluding hydrogens is 164 g/mol. The lowest BCUT2D eigenvalue weighted by molar-refractivity contribution is 1.00. The summed E-state index contributed by atoms with van der Waals surface area (Å²) >= 11 is 4.44. The van der Waals surface area contributed by atoms with E-state index in [0.717, 1.165) is 12.0 Å². The number of allylic oxidation sites excluding steroid dienone is 4. The summed E-state index contributed by atoms with van der Waals surface area (Å²) in [5.41, 5.74) is 0.930. The highest BCUT2D eigenvalue weighted by Crippen LogP contribution is 2.20. The normalized spacial score (nSPS) is 38.2. The second kappa shape index (κ2) is 3.69. The number of rotatable bonds is 0. The van der Waals surface area contributed by atoms with E-state index in [1.165, 1.54) is 0 Å². The van der Waals surface area contributed by atoms with Gasteiger partial charge in [0.2, 0.25) is 0 Å². The molecule has 0 radical (unpaired) electrons. The third kappa shape index (κ3) is 2.64. The summed E-state index contributed by atoms with van der Waals surface area (Å²) in [5.74, 6) is 2.62. The second-order valence-electron chi connectivity index (χ2n) is 3.00. The first kappa shape index (κ1) is 9.22. The van der Waals surface area contributed by atoms with E-state index in [-0.39, 0.29) is 4.75 Å². The van der Waals surface area contributed by atoms with Crippen molar-refractivity contribution in [3.05, 3.63) is 36.0 Å². The van der Waals surface area contributed by atoms with Gasteiger partial charge in [0.05, 0.1) is 0 Å². The molecule has 1 unspecified atom stereocenters. The molecule has 0 aliphatic heterocycles. The molecule has 1 aliphatic carbocycles. The van der Waals surface area contributed by atoms with Gasteiger partial charge < -0.3 is 0 Å². The third-order valence-electron chi connectivity index (χ3n) is 1.70. The van der Waals surface area contributed by atoms with Gasteiger partial charge in [-0.2, -0.15) is 12.6 Å². The molecule has 0 N–H and O–H groups in total. The van der Waals surface area contributed by atoms with E-state index in [2.05, 4.69) is 30.7 Å². The Morgan fingerprint density at radius 3 is 3.00 bits per heavy atom. The maximum atomic E-state index is 5.29. The Morgan fingerprint density at radius 1 is 1.58 bits per heavy atom. The first-order chi connectivity index (χ1) is 5.64. The first-order valence-corrected chi connectivity index (χ1v) is 4.35. The summed E-state index contributed by atoms with van der Waals surface area (Å²) in [5, 5.41) is 0. The second-order valence-corrected chi connectivity index (χ2v) is 3.96. The molecule has 0 aromatic carbocycles. The Balaban J connectivity index is 2.93. The molecule has 0 heterocycles. The summed E-state index contributed by atoms with van der Waals surface area (Å²) < 4.78 is -0.170. The van der Waals surface area contributed by atoms with Crippen molar-refractivity contribution in [2.75, 3.05) is 0 Å². The molecule has 0 aromatic heterocycles. The van der Waals surface area contributed by atoms with Crippen LogP contribution in [0.15, 0.2) is 36.0 Å². The molecule has 1 aliphatic rings. The average Bonchev–Trinajstić information content (AvgIpc) is 2.00. The summed E-state index contributed by atoms with van der Waals surface area (Å²) in [4.78, 5) is 0. The van der Waals surface area contributed by atoms with Crippen molar-refractivity contribution in [3.63, 3.8) is 0 Å². The molecule has 0 bridgehead atoms. The average molecular weight is 176 g/mol. The van der Waals surface area contributed by atoms with Gasteiger partial charge in [-0.05, 0) is 19.4 Å². The highest BCUT2D eigenvalue weighted by atomic mass is 32.1. The maximum absolute atomic E-state index is 5.29. The first-order valence-electron chi connectivity index (χ1n) is 3.90. The van der Waals surface area contributed by atoms with Crippen molar-refractivity contribution < 1.29 is 0 Å². The van der Waals surface area contributed by atoms with Crippen molar-refractivity contribution in [1.82, 2.24) is 0 Å². The Bertz CT molecular complexity index is 285. The van der Waals surface area contributed by atoms with Gasteiger partial charge in [0.15, 0.2) is 0 Å². The molecule has 0 aromatic rings. The summed E-state index contributed by atoms with van der Waals surface area (Å²) in [7, 11) is 0. The molecule has 0 amide bonds. The number of hydrogen-bond acceptors (Lipinski definition) is 1. The summed E-state index contributed by atoms with van der Waals surface area (Å²) in [6, 6.07) is 0. The SMILES string of the molecule is C#CC1=C/C/C=C\C(C)(S)/C=C\1. The minimum absolute atomic E-state index is 0.170. The zero-order chi connectivity index (χ0) is 9.03. The molecule has 62 valence electrons. The van der Waals surface area contributed by atoms with E-state index in [0.29, 0.717) is 0 Å². The topological polar surface area (TPSA) is 0 Å². The highest BCUT2D eigenvalue weighted by molar-refractivity contribution is 7.82.